The van der Waals surface area contributed by atoms with Crippen LogP contribution in [0.15, 0.2) is 97.2 Å². The maximum Gasteiger partial charge on any atom is 0.326 e. The van der Waals surface area contributed by atoms with Crippen LogP contribution in [0.2, 0.25) is 0 Å². The summed E-state index contributed by atoms with van der Waals surface area (Å²) in [5.74, 6) is -1.01. The van der Waals surface area contributed by atoms with Crippen LogP contribution >= 0.6 is 0 Å². The highest BCUT2D eigenvalue weighted by Gasteiger charge is 2.26. The van der Waals surface area contributed by atoms with Gasteiger partial charge in [-0.2, -0.15) is 0 Å². The van der Waals surface area contributed by atoms with Crippen LogP contribution in [-0.4, -0.2) is 34.1 Å². The van der Waals surface area contributed by atoms with Gasteiger partial charge in [-0.05, 0) is 77.8 Å². The SMILES string of the molecule is CC(NC1CCCC(c2ccc(C(=O)NC(Cc3c[nH]c4ccccc34)C(=O)O)cc2)C1)c1cccc2ccccc12. The maximum atomic E-state index is 13.0. The molecule has 0 bridgehead atoms. The minimum absolute atomic E-state index is 0.205. The van der Waals surface area contributed by atoms with Gasteiger partial charge in [-0.1, -0.05) is 79.2 Å². The fourth-order valence-electron chi connectivity index (χ4n) is 6.58. The van der Waals surface area contributed by atoms with Crippen LogP contribution in [0.25, 0.3) is 21.7 Å². The van der Waals surface area contributed by atoms with Gasteiger partial charge in [0.2, 0.25) is 0 Å². The van der Waals surface area contributed by atoms with Crippen LogP contribution < -0.4 is 10.6 Å². The molecule has 1 amide bonds. The van der Waals surface area contributed by atoms with Crippen LogP contribution in [0.4, 0.5) is 0 Å². The zero-order valence-corrected chi connectivity index (χ0v) is 23.8. The van der Waals surface area contributed by atoms with Gasteiger partial charge in [0.05, 0.1) is 0 Å². The minimum Gasteiger partial charge on any atom is -0.480 e. The van der Waals surface area contributed by atoms with E-state index < -0.39 is 12.0 Å². The third-order valence-corrected chi connectivity index (χ3v) is 8.80. The fraction of sp³-hybridized carbons (Fsp3) is 0.278. The van der Waals surface area contributed by atoms with E-state index in [0.29, 0.717) is 17.5 Å². The van der Waals surface area contributed by atoms with Crippen molar-refractivity contribution < 1.29 is 14.7 Å². The molecule has 1 fully saturated rings. The molecule has 4 atom stereocenters. The summed E-state index contributed by atoms with van der Waals surface area (Å²) in [5, 5.41) is 20.0. The van der Waals surface area contributed by atoms with E-state index in [1.807, 2.05) is 54.7 Å². The zero-order valence-electron chi connectivity index (χ0n) is 23.8. The summed E-state index contributed by atoms with van der Waals surface area (Å²) in [5.41, 5.74) is 4.84. The Morgan fingerprint density at radius 1 is 0.905 bits per heavy atom. The number of benzene rings is 4. The molecule has 1 saturated carbocycles. The van der Waals surface area contributed by atoms with E-state index in [-0.39, 0.29) is 18.4 Å². The number of aromatic amines is 1. The van der Waals surface area contributed by atoms with Crippen molar-refractivity contribution in [3.05, 3.63) is 119 Å². The molecular weight excluding hydrogens is 522 g/mol. The van der Waals surface area contributed by atoms with Crippen molar-refractivity contribution in [2.24, 2.45) is 0 Å². The molecule has 42 heavy (non-hydrogen) atoms. The number of rotatable bonds is 9. The first-order valence-electron chi connectivity index (χ1n) is 14.9. The maximum absolute atomic E-state index is 13.0. The molecule has 1 aliphatic rings. The molecule has 214 valence electrons. The van der Waals surface area contributed by atoms with E-state index in [4.69, 9.17) is 0 Å². The van der Waals surface area contributed by atoms with Gasteiger partial charge in [-0.25, -0.2) is 4.79 Å². The number of hydrogen-bond donors (Lipinski definition) is 4. The van der Waals surface area contributed by atoms with Gasteiger partial charge < -0.3 is 20.7 Å². The van der Waals surface area contributed by atoms with Gasteiger partial charge in [0, 0.05) is 41.2 Å². The molecule has 0 radical (unpaired) electrons. The second kappa shape index (κ2) is 12.2. The number of amides is 1. The lowest BCUT2D eigenvalue weighted by molar-refractivity contribution is -0.139. The Balaban J connectivity index is 1.08. The fourth-order valence-corrected chi connectivity index (χ4v) is 6.58. The molecule has 1 aromatic heterocycles. The van der Waals surface area contributed by atoms with E-state index in [0.717, 1.165) is 42.1 Å². The number of carboxylic acids is 1. The van der Waals surface area contributed by atoms with Crippen LogP contribution in [0, 0.1) is 0 Å². The lowest BCUT2D eigenvalue weighted by Gasteiger charge is -2.32. The Labute approximate surface area is 246 Å². The highest BCUT2D eigenvalue weighted by atomic mass is 16.4. The Kier molecular flexibility index (Phi) is 8.06. The molecule has 1 aliphatic carbocycles. The van der Waals surface area contributed by atoms with Crippen LogP contribution in [0.1, 0.15) is 71.6 Å². The molecule has 6 heteroatoms. The highest BCUT2D eigenvalue weighted by molar-refractivity contribution is 5.97. The summed E-state index contributed by atoms with van der Waals surface area (Å²) in [7, 11) is 0. The van der Waals surface area contributed by atoms with Gasteiger partial charge in [-0.15, -0.1) is 0 Å². The first-order valence-corrected chi connectivity index (χ1v) is 14.9. The number of aromatic nitrogens is 1. The predicted octanol–water partition coefficient (Wildman–Crippen LogP) is 7.12. The monoisotopic (exact) mass is 559 g/mol. The molecule has 0 aliphatic heterocycles. The number of fused-ring (bicyclic) bond motifs is 2. The first-order chi connectivity index (χ1) is 20.5. The summed E-state index contributed by atoms with van der Waals surface area (Å²) < 4.78 is 0. The van der Waals surface area contributed by atoms with Crippen molar-refractivity contribution in [2.75, 3.05) is 0 Å². The molecule has 4 N–H and O–H groups in total. The van der Waals surface area contributed by atoms with Gasteiger partial charge in [0.25, 0.3) is 5.91 Å². The van der Waals surface area contributed by atoms with E-state index in [9.17, 15) is 14.7 Å². The Morgan fingerprint density at radius 2 is 1.64 bits per heavy atom. The third-order valence-electron chi connectivity index (χ3n) is 8.80. The van der Waals surface area contributed by atoms with Crippen LogP contribution in [0.5, 0.6) is 0 Å². The lowest BCUT2D eigenvalue weighted by atomic mass is 9.80. The third kappa shape index (κ3) is 5.95. The van der Waals surface area contributed by atoms with Crippen molar-refractivity contribution in [3.63, 3.8) is 0 Å². The van der Waals surface area contributed by atoms with Crippen molar-refractivity contribution in [1.29, 1.82) is 0 Å². The Bertz CT molecular complexity index is 1700. The normalized spacial score (nSPS) is 18.5. The number of hydrogen-bond acceptors (Lipinski definition) is 3. The largest absolute Gasteiger partial charge is 0.480 e. The zero-order chi connectivity index (χ0) is 29.1. The molecule has 1 heterocycles. The summed E-state index contributed by atoms with van der Waals surface area (Å²) >= 11 is 0. The molecule has 5 aromatic rings. The number of carbonyl (C=O) groups excluding carboxylic acids is 1. The topological polar surface area (TPSA) is 94.2 Å². The van der Waals surface area contributed by atoms with Gasteiger partial charge >= 0.3 is 5.97 Å². The summed E-state index contributed by atoms with van der Waals surface area (Å²) in [6.45, 7) is 2.25. The van der Waals surface area contributed by atoms with Crippen molar-refractivity contribution in [3.8, 4) is 0 Å². The number of carbonyl (C=O) groups is 2. The summed E-state index contributed by atoms with van der Waals surface area (Å²) in [6, 6.07) is 30.2. The van der Waals surface area contributed by atoms with E-state index in [1.54, 1.807) is 0 Å². The number of H-pyrrole nitrogens is 1. The number of nitrogens with one attached hydrogen (secondary N) is 3. The molecule has 4 unspecified atom stereocenters. The average Bonchev–Trinajstić information content (AvgIpc) is 3.43. The van der Waals surface area contributed by atoms with E-state index >= 15 is 0 Å². The molecule has 6 nitrogen and oxygen atoms in total. The molecule has 0 saturated heterocycles. The molecular formula is C36H37N3O3. The quantitative estimate of drug-likeness (QED) is 0.155. The summed E-state index contributed by atoms with van der Waals surface area (Å²) in [4.78, 5) is 28.2. The number of para-hydroxylation sites is 1. The number of carboxylic acid groups (broad SMARTS) is 1. The van der Waals surface area contributed by atoms with E-state index in [2.05, 4.69) is 65.0 Å². The molecule has 0 spiro atoms. The minimum atomic E-state index is -1.05. The summed E-state index contributed by atoms with van der Waals surface area (Å²) in [6.07, 6.45) is 6.50. The first kappa shape index (κ1) is 27.7. The Hall–Kier alpha value is -4.42. The predicted molar refractivity (Wildman–Crippen MR) is 168 cm³/mol. The second-order valence-electron chi connectivity index (χ2n) is 11.6. The van der Waals surface area contributed by atoms with E-state index in [1.165, 1.54) is 21.9 Å². The lowest BCUT2D eigenvalue weighted by Crippen LogP contribution is -2.42. The smallest absolute Gasteiger partial charge is 0.326 e. The standard InChI is InChI=1S/C36H37N3O3/c1-23(30-14-7-9-25-8-2-3-12-31(25)30)38-29-11-6-10-27(20-29)24-16-18-26(19-17-24)35(40)39-34(36(41)42)21-28-22-37-33-15-5-4-13-32(28)33/h2-5,7-9,12-19,22-23,27,29,34,37-38H,6,10-11,20-21H2,1H3,(H,39,40)(H,41,42). The Morgan fingerprint density at radius 3 is 2.45 bits per heavy atom. The van der Waals surface area contributed by atoms with Crippen molar-refractivity contribution >= 4 is 33.6 Å². The highest BCUT2D eigenvalue weighted by Crippen LogP contribution is 2.35. The van der Waals surface area contributed by atoms with Crippen LogP contribution in [-0.2, 0) is 11.2 Å². The van der Waals surface area contributed by atoms with Gasteiger partial charge in [-0.3, -0.25) is 4.79 Å². The van der Waals surface area contributed by atoms with Crippen LogP contribution in [0.3, 0.4) is 0 Å². The molecule has 4 aromatic carbocycles. The van der Waals surface area contributed by atoms with Gasteiger partial charge in [0.15, 0.2) is 0 Å². The average molecular weight is 560 g/mol. The van der Waals surface area contributed by atoms with Gasteiger partial charge in [0.1, 0.15) is 6.04 Å². The second-order valence-corrected chi connectivity index (χ2v) is 11.6. The van der Waals surface area contributed by atoms with Crippen molar-refractivity contribution in [2.45, 2.75) is 63.1 Å². The van der Waals surface area contributed by atoms with Crippen molar-refractivity contribution in [1.82, 2.24) is 15.6 Å². The molecule has 6 rings (SSSR count). The number of aliphatic carboxylic acids is 1.